The van der Waals surface area contributed by atoms with Gasteiger partial charge >= 0.3 is 7.12 Å². The molecule has 0 aromatic heterocycles. The van der Waals surface area contributed by atoms with Crippen LogP contribution in [0.5, 0.6) is 0 Å². The zero-order chi connectivity index (χ0) is 11.3. The second kappa shape index (κ2) is 5.50. The Morgan fingerprint density at radius 3 is 2.47 bits per heavy atom. The van der Waals surface area contributed by atoms with E-state index in [0.29, 0.717) is 18.4 Å². The van der Waals surface area contributed by atoms with Gasteiger partial charge < -0.3 is 14.8 Å². The van der Waals surface area contributed by atoms with Crippen LogP contribution in [0.15, 0.2) is 24.3 Å². The first kappa shape index (κ1) is 11.7. The Labute approximate surface area is 87.6 Å². The molecule has 1 aromatic rings. The van der Waals surface area contributed by atoms with Gasteiger partial charge in [0, 0.05) is 6.42 Å². The summed E-state index contributed by atoms with van der Waals surface area (Å²) in [4.78, 5) is 9.98. The van der Waals surface area contributed by atoms with Gasteiger partial charge in [-0.2, -0.15) is 0 Å². The van der Waals surface area contributed by atoms with E-state index in [4.69, 9.17) is 15.8 Å². The molecule has 6 heteroatoms. The standard InChI is InChI=1S/C9H12BNO4/c11-9(15-6-12)5-7-1-3-8(4-2-7)10(13)14/h1-4,6,9,13-14H,5,11H2. The van der Waals surface area contributed by atoms with Crippen molar-refractivity contribution in [1.29, 1.82) is 0 Å². The van der Waals surface area contributed by atoms with Gasteiger partial charge in [-0.3, -0.25) is 10.5 Å². The van der Waals surface area contributed by atoms with Crippen LogP contribution in [0.3, 0.4) is 0 Å². The maximum absolute atomic E-state index is 9.98. The van der Waals surface area contributed by atoms with E-state index in [1.807, 2.05) is 0 Å². The number of carbonyl (C=O) groups excluding carboxylic acids is 1. The lowest BCUT2D eigenvalue weighted by Gasteiger charge is -2.09. The third-order valence-electron chi connectivity index (χ3n) is 1.95. The van der Waals surface area contributed by atoms with Gasteiger partial charge in [-0.25, -0.2) is 0 Å². The molecule has 1 unspecified atom stereocenters. The quantitative estimate of drug-likeness (QED) is 0.307. The number of ether oxygens (including phenoxy) is 1. The minimum Gasteiger partial charge on any atom is -0.449 e. The highest BCUT2D eigenvalue weighted by Crippen LogP contribution is 2.01. The molecule has 5 nitrogen and oxygen atoms in total. The molecule has 0 amide bonds. The van der Waals surface area contributed by atoms with E-state index in [2.05, 4.69) is 4.74 Å². The van der Waals surface area contributed by atoms with Crippen LogP contribution in [0.1, 0.15) is 5.56 Å². The maximum atomic E-state index is 9.98. The highest BCUT2D eigenvalue weighted by atomic mass is 16.5. The van der Waals surface area contributed by atoms with E-state index in [9.17, 15) is 4.79 Å². The van der Waals surface area contributed by atoms with Gasteiger partial charge in [0.15, 0.2) is 6.23 Å². The molecule has 0 saturated carbocycles. The Morgan fingerprint density at radius 2 is 2.00 bits per heavy atom. The molecule has 0 spiro atoms. The fraction of sp³-hybridized carbons (Fsp3) is 0.222. The third-order valence-corrected chi connectivity index (χ3v) is 1.95. The van der Waals surface area contributed by atoms with Crippen molar-refractivity contribution >= 4 is 19.1 Å². The minimum atomic E-state index is -1.47. The van der Waals surface area contributed by atoms with Crippen molar-refractivity contribution in [2.24, 2.45) is 5.73 Å². The van der Waals surface area contributed by atoms with E-state index in [1.165, 1.54) is 0 Å². The molecule has 0 radical (unpaired) electrons. The third kappa shape index (κ3) is 3.71. The van der Waals surface area contributed by atoms with Gasteiger partial charge in [0.05, 0.1) is 0 Å². The second-order valence-corrected chi connectivity index (χ2v) is 3.09. The topological polar surface area (TPSA) is 92.8 Å². The molecule has 1 aromatic carbocycles. The van der Waals surface area contributed by atoms with Gasteiger partial charge in [-0.1, -0.05) is 24.3 Å². The molecule has 0 aliphatic carbocycles. The summed E-state index contributed by atoms with van der Waals surface area (Å²) in [6.07, 6.45) is -0.284. The molecule has 0 bridgehead atoms. The van der Waals surface area contributed by atoms with Gasteiger partial charge in [0.1, 0.15) is 0 Å². The molecule has 4 N–H and O–H groups in total. The van der Waals surface area contributed by atoms with Gasteiger partial charge in [-0.15, -0.1) is 0 Å². The largest absolute Gasteiger partial charge is 0.488 e. The molecular weight excluding hydrogens is 197 g/mol. The molecule has 1 atom stereocenters. The summed E-state index contributed by atoms with van der Waals surface area (Å²) in [5.74, 6) is 0. The highest BCUT2D eigenvalue weighted by Gasteiger charge is 2.10. The molecule has 0 aliphatic heterocycles. The average molecular weight is 209 g/mol. The Morgan fingerprint density at radius 1 is 1.40 bits per heavy atom. The Bertz CT molecular complexity index is 314. The molecule has 15 heavy (non-hydrogen) atoms. The summed E-state index contributed by atoms with van der Waals surface area (Å²) in [6.45, 7) is 0.302. The lowest BCUT2D eigenvalue weighted by Crippen LogP contribution is -2.30. The first-order valence-electron chi connectivity index (χ1n) is 4.43. The summed E-state index contributed by atoms with van der Waals surface area (Å²) < 4.78 is 4.52. The van der Waals surface area contributed by atoms with Crippen molar-refractivity contribution in [3.05, 3.63) is 29.8 Å². The van der Waals surface area contributed by atoms with Crippen molar-refractivity contribution in [3.63, 3.8) is 0 Å². The highest BCUT2D eigenvalue weighted by molar-refractivity contribution is 6.58. The van der Waals surface area contributed by atoms with E-state index in [1.54, 1.807) is 24.3 Å². The molecular formula is C9H12BNO4. The number of benzene rings is 1. The summed E-state index contributed by atoms with van der Waals surface area (Å²) >= 11 is 0. The van der Waals surface area contributed by atoms with Crippen molar-refractivity contribution in [1.82, 2.24) is 0 Å². The lowest BCUT2D eigenvalue weighted by molar-refractivity contribution is -0.133. The summed E-state index contributed by atoms with van der Waals surface area (Å²) in [6, 6.07) is 6.55. The van der Waals surface area contributed by atoms with Crippen LogP contribution in [0.25, 0.3) is 0 Å². The van der Waals surface area contributed by atoms with E-state index >= 15 is 0 Å². The lowest BCUT2D eigenvalue weighted by atomic mass is 9.80. The molecule has 1 rings (SSSR count). The van der Waals surface area contributed by atoms with Crippen LogP contribution in [0.2, 0.25) is 0 Å². The van der Waals surface area contributed by atoms with Gasteiger partial charge in [0.25, 0.3) is 6.47 Å². The number of nitrogens with two attached hydrogens (primary N) is 1. The average Bonchev–Trinajstić information content (AvgIpc) is 2.18. The SMILES string of the molecule is NC(Cc1ccc(B(O)O)cc1)OC=O. The van der Waals surface area contributed by atoms with Crippen LogP contribution in [-0.4, -0.2) is 29.9 Å². The summed E-state index contributed by atoms with van der Waals surface area (Å²) in [7, 11) is -1.47. The number of carbonyl (C=O) groups is 1. The molecule has 0 aliphatic rings. The fourth-order valence-corrected chi connectivity index (χ4v) is 1.18. The van der Waals surface area contributed by atoms with Crippen LogP contribution < -0.4 is 11.2 Å². The molecule has 0 fully saturated rings. The van der Waals surface area contributed by atoms with Crippen LogP contribution in [0.4, 0.5) is 0 Å². The predicted octanol–water partition coefficient (Wildman–Crippen LogP) is -1.63. The normalized spacial score (nSPS) is 11.9. The smallest absolute Gasteiger partial charge is 0.449 e. The fourth-order valence-electron chi connectivity index (χ4n) is 1.18. The van der Waals surface area contributed by atoms with E-state index in [-0.39, 0.29) is 0 Å². The summed E-state index contributed by atoms with van der Waals surface area (Å²) in [5.41, 5.74) is 6.72. The van der Waals surface area contributed by atoms with Crippen molar-refractivity contribution in [2.75, 3.05) is 0 Å². The number of hydrogen-bond donors (Lipinski definition) is 3. The Hall–Kier alpha value is -1.37. The predicted molar refractivity (Wildman–Crippen MR) is 55.1 cm³/mol. The Balaban J connectivity index is 2.60. The first-order valence-corrected chi connectivity index (χ1v) is 4.43. The molecule has 0 heterocycles. The number of rotatable bonds is 5. The van der Waals surface area contributed by atoms with Crippen molar-refractivity contribution < 1.29 is 19.6 Å². The van der Waals surface area contributed by atoms with E-state index < -0.39 is 13.3 Å². The monoisotopic (exact) mass is 209 g/mol. The van der Waals surface area contributed by atoms with Gasteiger partial charge in [0.2, 0.25) is 0 Å². The first-order chi connectivity index (χ1) is 7.13. The van der Waals surface area contributed by atoms with Crippen LogP contribution >= 0.6 is 0 Å². The van der Waals surface area contributed by atoms with Crippen LogP contribution in [0, 0.1) is 0 Å². The molecule has 80 valence electrons. The minimum absolute atomic E-state index is 0.302. The van der Waals surface area contributed by atoms with Crippen molar-refractivity contribution in [2.45, 2.75) is 12.6 Å². The Kier molecular flexibility index (Phi) is 4.29. The second-order valence-electron chi connectivity index (χ2n) is 3.09. The van der Waals surface area contributed by atoms with Crippen LogP contribution in [-0.2, 0) is 16.0 Å². The van der Waals surface area contributed by atoms with Gasteiger partial charge in [-0.05, 0) is 11.0 Å². The maximum Gasteiger partial charge on any atom is 0.488 e. The zero-order valence-corrected chi connectivity index (χ0v) is 8.04. The summed E-state index contributed by atoms with van der Waals surface area (Å²) in [5, 5.41) is 17.7. The zero-order valence-electron chi connectivity index (χ0n) is 8.04. The molecule has 0 saturated heterocycles. The van der Waals surface area contributed by atoms with E-state index in [0.717, 1.165) is 5.56 Å². The number of hydrogen-bond acceptors (Lipinski definition) is 5. The van der Waals surface area contributed by atoms with Crippen molar-refractivity contribution in [3.8, 4) is 0 Å².